The van der Waals surface area contributed by atoms with Crippen molar-refractivity contribution in [1.82, 2.24) is 9.66 Å². The quantitative estimate of drug-likeness (QED) is 0.381. The number of hydrogen-bond donors (Lipinski definition) is 2. The smallest absolute Gasteiger partial charge is 0.349 e. The van der Waals surface area contributed by atoms with Crippen molar-refractivity contribution < 1.29 is 18.7 Å². The molecule has 4 rings (SSSR count). The summed E-state index contributed by atoms with van der Waals surface area (Å²) in [5.41, 5.74) is -0.472. The molecular formula is C24H18ClFN4O5. The summed E-state index contributed by atoms with van der Waals surface area (Å²) >= 11 is 6.16. The Hall–Kier alpha value is -4.44. The molecule has 0 saturated heterocycles. The third-order valence-electron chi connectivity index (χ3n) is 4.82. The summed E-state index contributed by atoms with van der Waals surface area (Å²) in [7, 11) is 1.38. The van der Waals surface area contributed by atoms with Gasteiger partial charge >= 0.3 is 5.69 Å². The van der Waals surface area contributed by atoms with Crippen molar-refractivity contribution in [1.29, 1.82) is 0 Å². The number of para-hydroxylation sites is 1. The Morgan fingerprint density at radius 1 is 1.17 bits per heavy atom. The number of fused-ring (bicyclic) bond motifs is 1. The van der Waals surface area contributed by atoms with E-state index in [0.717, 1.165) is 6.07 Å². The molecule has 1 heterocycles. The average molecular weight is 497 g/mol. The van der Waals surface area contributed by atoms with Gasteiger partial charge < -0.3 is 19.8 Å². The van der Waals surface area contributed by atoms with Crippen LogP contribution in [-0.2, 0) is 4.79 Å². The van der Waals surface area contributed by atoms with Gasteiger partial charge in [0.15, 0.2) is 18.1 Å². The molecule has 0 saturated carbocycles. The maximum atomic E-state index is 13.4. The van der Waals surface area contributed by atoms with E-state index in [9.17, 15) is 18.8 Å². The molecule has 0 aliphatic rings. The lowest BCUT2D eigenvalue weighted by atomic mass is 10.2. The Morgan fingerprint density at radius 2 is 1.97 bits per heavy atom. The van der Waals surface area contributed by atoms with E-state index >= 15 is 0 Å². The highest BCUT2D eigenvalue weighted by Gasteiger charge is 2.15. The Balaban J connectivity index is 1.63. The third kappa shape index (κ3) is 5.39. The van der Waals surface area contributed by atoms with Crippen molar-refractivity contribution >= 4 is 40.3 Å². The van der Waals surface area contributed by atoms with E-state index in [-0.39, 0.29) is 33.2 Å². The second-order valence-electron chi connectivity index (χ2n) is 7.21. The lowest BCUT2D eigenvalue weighted by Gasteiger charge is -2.14. The van der Waals surface area contributed by atoms with E-state index in [1.807, 2.05) is 0 Å². The topological polar surface area (TPSA) is 115 Å². The van der Waals surface area contributed by atoms with E-state index in [4.69, 9.17) is 21.1 Å². The SMILES string of the molecule is COc1cc(Cl)cc(C=Nn2c(=O)[nH]c3ccccc3c2=O)c1OCC(=O)Nc1cccc(F)c1. The predicted molar refractivity (Wildman–Crippen MR) is 130 cm³/mol. The molecule has 9 nitrogen and oxygen atoms in total. The highest BCUT2D eigenvalue weighted by molar-refractivity contribution is 6.31. The number of aromatic nitrogens is 2. The Morgan fingerprint density at radius 3 is 2.74 bits per heavy atom. The molecule has 35 heavy (non-hydrogen) atoms. The molecule has 3 aromatic carbocycles. The van der Waals surface area contributed by atoms with E-state index in [0.29, 0.717) is 10.2 Å². The Bertz CT molecular complexity index is 1560. The summed E-state index contributed by atoms with van der Waals surface area (Å²) < 4.78 is 25.0. The maximum absolute atomic E-state index is 13.4. The summed E-state index contributed by atoms with van der Waals surface area (Å²) in [6, 6.07) is 14.9. The second kappa shape index (κ2) is 10.2. The van der Waals surface area contributed by atoms with Gasteiger partial charge in [0.1, 0.15) is 5.82 Å². The van der Waals surface area contributed by atoms with Crippen molar-refractivity contribution in [2.24, 2.45) is 5.10 Å². The number of benzene rings is 3. The van der Waals surface area contributed by atoms with Gasteiger partial charge in [-0.15, -0.1) is 4.68 Å². The lowest BCUT2D eigenvalue weighted by Crippen LogP contribution is -2.32. The van der Waals surface area contributed by atoms with E-state index in [1.54, 1.807) is 24.3 Å². The minimum Gasteiger partial charge on any atom is -0.493 e. The molecule has 4 aromatic rings. The number of anilines is 1. The largest absolute Gasteiger partial charge is 0.493 e. The van der Waals surface area contributed by atoms with Crippen LogP contribution >= 0.6 is 11.6 Å². The minimum absolute atomic E-state index is 0.0975. The molecule has 0 bridgehead atoms. The van der Waals surface area contributed by atoms with Crippen LogP contribution < -0.4 is 26.0 Å². The van der Waals surface area contributed by atoms with Gasteiger partial charge in [0.25, 0.3) is 11.5 Å². The number of amides is 1. The fourth-order valence-electron chi connectivity index (χ4n) is 3.27. The number of methoxy groups -OCH3 is 1. The molecule has 1 aromatic heterocycles. The van der Waals surface area contributed by atoms with Crippen LogP contribution in [0.1, 0.15) is 5.56 Å². The molecular weight excluding hydrogens is 479 g/mol. The van der Waals surface area contributed by atoms with Crippen molar-refractivity contribution in [3.05, 3.63) is 97.9 Å². The van der Waals surface area contributed by atoms with Crippen LogP contribution in [0.4, 0.5) is 10.1 Å². The Kier molecular flexibility index (Phi) is 6.93. The molecule has 178 valence electrons. The van der Waals surface area contributed by atoms with Crippen LogP contribution in [0.2, 0.25) is 5.02 Å². The first kappa shape index (κ1) is 23.7. The average Bonchev–Trinajstić information content (AvgIpc) is 2.82. The monoisotopic (exact) mass is 496 g/mol. The molecule has 0 aliphatic heterocycles. The number of carbonyl (C=O) groups excluding carboxylic acids is 1. The number of halogens is 2. The number of H-pyrrole nitrogens is 1. The van der Waals surface area contributed by atoms with Crippen molar-refractivity contribution in [3.63, 3.8) is 0 Å². The number of hydrogen-bond acceptors (Lipinski definition) is 6. The van der Waals surface area contributed by atoms with Crippen molar-refractivity contribution in [2.45, 2.75) is 0 Å². The summed E-state index contributed by atoms with van der Waals surface area (Å²) in [5, 5.41) is 7.06. The van der Waals surface area contributed by atoms with Crippen LogP contribution in [0.5, 0.6) is 11.5 Å². The molecule has 0 radical (unpaired) electrons. The van der Waals surface area contributed by atoms with Crippen LogP contribution in [-0.4, -0.2) is 35.5 Å². The van der Waals surface area contributed by atoms with Gasteiger partial charge in [0.2, 0.25) is 0 Å². The molecule has 0 fully saturated rings. The van der Waals surface area contributed by atoms with Gasteiger partial charge in [-0.1, -0.05) is 29.8 Å². The van der Waals surface area contributed by atoms with E-state index in [1.165, 1.54) is 43.7 Å². The highest BCUT2D eigenvalue weighted by atomic mass is 35.5. The van der Waals surface area contributed by atoms with E-state index < -0.39 is 29.6 Å². The second-order valence-corrected chi connectivity index (χ2v) is 7.65. The molecule has 0 atom stereocenters. The number of nitrogens with zero attached hydrogens (tertiary/aromatic N) is 2. The van der Waals surface area contributed by atoms with Crippen molar-refractivity contribution in [2.75, 3.05) is 19.0 Å². The fourth-order valence-corrected chi connectivity index (χ4v) is 3.49. The van der Waals surface area contributed by atoms with Crippen LogP contribution in [0, 0.1) is 5.82 Å². The molecule has 0 spiro atoms. The number of carbonyl (C=O) groups is 1. The highest BCUT2D eigenvalue weighted by Crippen LogP contribution is 2.34. The van der Waals surface area contributed by atoms with Crippen LogP contribution in [0.3, 0.4) is 0 Å². The van der Waals surface area contributed by atoms with Gasteiger partial charge in [-0.2, -0.15) is 5.10 Å². The van der Waals surface area contributed by atoms with E-state index in [2.05, 4.69) is 15.4 Å². The number of nitrogens with one attached hydrogen (secondary N) is 2. The summed E-state index contributed by atoms with van der Waals surface area (Å²) in [4.78, 5) is 40.0. The van der Waals surface area contributed by atoms with Crippen LogP contribution in [0.15, 0.2) is 75.4 Å². The zero-order chi connectivity index (χ0) is 24.9. The number of rotatable bonds is 7. The standard InChI is InChI=1S/C24H18ClFN4O5/c1-34-20-10-15(25)9-14(22(20)35-13-21(31)28-17-6-4-5-16(26)11-17)12-27-30-23(32)18-7-2-3-8-19(18)29-24(30)33/h2-12H,13H2,1H3,(H,28,31)(H,29,33). The predicted octanol–water partition coefficient (Wildman–Crippen LogP) is 3.39. The summed E-state index contributed by atoms with van der Waals surface area (Å²) in [6.45, 7) is -0.453. The van der Waals surface area contributed by atoms with Gasteiger partial charge in [-0.3, -0.25) is 9.59 Å². The number of ether oxygens (including phenoxy) is 2. The fraction of sp³-hybridized carbons (Fsp3) is 0.0833. The maximum Gasteiger partial charge on any atom is 0.349 e. The third-order valence-corrected chi connectivity index (χ3v) is 5.04. The van der Waals surface area contributed by atoms with Gasteiger partial charge in [0.05, 0.1) is 24.2 Å². The minimum atomic E-state index is -0.740. The van der Waals surface area contributed by atoms with Crippen molar-refractivity contribution in [3.8, 4) is 11.5 Å². The first-order valence-electron chi connectivity index (χ1n) is 10.2. The first-order chi connectivity index (χ1) is 16.9. The normalized spacial score (nSPS) is 11.1. The molecule has 11 heteroatoms. The molecule has 2 N–H and O–H groups in total. The van der Waals surface area contributed by atoms with Gasteiger partial charge in [-0.05, 0) is 36.4 Å². The first-order valence-corrected chi connectivity index (χ1v) is 10.6. The zero-order valence-corrected chi connectivity index (χ0v) is 19.0. The Labute approximate surface area is 202 Å². The molecule has 1 amide bonds. The lowest BCUT2D eigenvalue weighted by molar-refractivity contribution is -0.118. The van der Waals surface area contributed by atoms with Gasteiger partial charge in [-0.25, -0.2) is 9.18 Å². The number of aromatic amines is 1. The van der Waals surface area contributed by atoms with Gasteiger partial charge in [0, 0.05) is 22.3 Å². The molecule has 0 aliphatic carbocycles. The summed E-state index contributed by atoms with van der Waals surface area (Å²) in [6.07, 6.45) is 1.19. The summed E-state index contributed by atoms with van der Waals surface area (Å²) in [5.74, 6) is -0.768. The van der Waals surface area contributed by atoms with Crippen LogP contribution in [0.25, 0.3) is 10.9 Å². The zero-order valence-electron chi connectivity index (χ0n) is 18.2. The molecule has 0 unspecified atom stereocenters.